The van der Waals surface area contributed by atoms with Crippen LogP contribution in [-0.4, -0.2) is 34.3 Å². The predicted octanol–water partition coefficient (Wildman–Crippen LogP) is 4.75. The lowest BCUT2D eigenvalue weighted by Gasteiger charge is -2.30. The minimum atomic E-state index is -1.20. The maximum absolute atomic E-state index is 14.6. The van der Waals surface area contributed by atoms with E-state index < -0.39 is 23.9 Å². The number of ether oxygens (including phenoxy) is 2. The lowest BCUT2D eigenvalue weighted by atomic mass is 10.0. The maximum Gasteiger partial charge on any atom is 0.338 e. The number of rotatable bonds is 8. The predicted molar refractivity (Wildman–Crippen MR) is 101 cm³/mol. The summed E-state index contributed by atoms with van der Waals surface area (Å²) < 4.78 is 40.5. The van der Waals surface area contributed by atoms with Gasteiger partial charge in [-0.1, -0.05) is 38.7 Å². The maximum atomic E-state index is 14.6. The van der Waals surface area contributed by atoms with Crippen LogP contribution in [0.3, 0.4) is 0 Å². The average molecular weight is 406 g/mol. The van der Waals surface area contributed by atoms with Crippen LogP contribution < -0.4 is 0 Å². The second-order valence-corrected chi connectivity index (χ2v) is 7.14. The molecule has 1 N–H and O–H groups in total. The van der Waals surface area contributed by atoms with Gasteiger partial charge in [0.2, 0.25) is 0 Å². The van der Waals surface area contributed by atoms with Crippen molar-refractivity contribution in [2.75, 3.05) is 13.2 Å². The Bertz CT molecular complexity index is 837. The van der Waals surface area contributed by atoms with Gasteiger partial charge in [0.05, 0.1) is 24.3 Å². The largest absolute Gasteiger partial charge is 0.478 e. The number of nitrogens with zero attached hydrogens (tertiary/aromatic N) is 2. The van der Waals surface area contributed by atoms with E-state index in [-0.39, 0.29) is 28.4 Å². The lowest BCUT2D eigenvalue weighted by Crippen LogP contribution is -2.27. The van der Waals surface area contributed by atoms with Gasteiger partial charge < -0.3 is 14.6 Å². The van der Waals surface area contributed by atoms with Gasteiger partial charge in [-0.05, 0) is 12.5 Å². The zero-order chi connectivity index (χ0) is 20.8. The van der Waals surface area contributed by atoms with E-state index in [1.54, 1.807) is 0 Å². The van der Waals surface area contributed by atoms with E-state index in [2.05, 4.69) is 16.9 Å². The van der Waals surface area contributed by atoms with Gasteiger partial charge in [0.25, 0.3) is 0 Å². The number of carbonyl (C=O) groups is 1. The first-order valence-corrected chi connectivity index (χ1v) is 9.78. The van der Waals surface area contributed by atoms with Crippen molar-refractivity contribution >= 4 is 5.97 Å². The van der Waals surface area contributed by atoms with E-state index in [0.29, 0.717) is 13.2 Å². The molecule has 0 aliphatic carbocycles. The van der Waals surface area contributed by atoms with Gasteiger partial charge >= 0.3 is 5.97 Å². The number of benzene rings is 1. The van der Waals surface area contributed by atoms with Crippen molar-refractivity contribution in [2.45, 2.75) is 45.3 Å². The van der Waals surface area contributed by atoms with E-state index in [1.165, 1.54) is 31.4 Å². The van der Waals surface area contributed by atoms with Gasteiger partial charge in [-0.15, -0.1) is 0 Å². The summed E-state index contributed by atoms with van der Waals surface area (Å²) in [6, 6.07) is 2.72. The Kier molecular flexibility index (Phi) is 7.22. The first-order valence-electron chi connectivity index (χ1n) is 9.78. The molecule has 1 saturated heterocycles. The number of halogens is 2. The Labute approximate surface area is 167 Å². The third kappa shape index (κ3) is 5.13. The van der Waals surface area contributed by atoms with Crippen molar-refractivity contribution in [3.8, 4) is 11.4 Å². The van der Waals surface area contributed by atoms with Crippen LogP contribution in [-0.2, 0) is 9.47 Å². The molecule has 1 aliphatic heterocycles. The Morgan fingerprint density at radius 2 is 1.79 bits per heavy atom. The van der Waals surface area contributed by atoms with Crippen LogP contribution >= 0.6 is 0 Å². The summed E-state index contributed by atoms with van der Waals surface area (Å²) in [4.78, 5) is 18.5. The monoisotopic (exact) mass is 406 g/mol. The average Bonchev–Trinajstić information content (AvgIpc) is 2.74. The van der Waals surface area contributed by atoms with Crippen LogP contribution in [0.4, 0.5) is 8.78 Å². The van der Waals surface area contributed by atoms with E-state index >= 15 is 0 Å². The van der Waals surface area contributed by atoms with Crippen molar-refractivity contribution in [1.29, 1.82) is 0 Å². The summed E-state index contributed by atoms with van der Waals surface area (Å²) in [5, 5.41) is 8.87. The molecule has 1 aromatic heterocycles. The molecular weight excluding hydrogens is 382 g/mol. The number of carboxylic acid groups (broad SMARTS) is 1. The van der Waals surface area contributed by atoms with Crippen LogP contribution in [0, 0.1) is 17.6 Å². The van der Waals surface area contributed by atoms with Gasteiger partial charge in [0, 0.05) is 23.9 Å². The van der Waals surface area contributed by atoms with Crippen LogP contribution in [0.2, 0.25) is 0 Å². The molecule has 1 aromatic carbocycles. The minimum absolute atomic E-state index is 0.0159. The van der Waals surface area contributed by atoms with Gasteiger partial charge in [-0.3, -0.25) is 0 Å². The Morgan fingerprint density at radius 1 is 1.10 bits per heavy atom. The van der Waals surface area contributed by atoms with Gasteiger partial charge in [-0.25, -0.2) is 23.5 Å². The standard InChI is InChI=1S/C21H24F2N2O4/c1-2-3-4-5-6-13-11-28-21(29-12-13)16-8-7-15(17(22)18(16)23)19-24-9-14(10-25-19)20(26)27/h7-10,13,21H,2-6,11-12H2,1H3,(H,26,27)/t13-,21-. The van der Waals surface area contributed by atoms with Crippen molar-refractivity contribution in [1.82, 2.24) is 9.97 Å². The summed E-state index contributed by atoms with van der Waals surface area (Å²) in [7, 11) is 0. The highest BCUT2D eigenvalue weighted by molar-refractivity contribution is 5.86. The van der Waals surface area contributed by atoms with Crippen LogP contribution in [0.25, 0.3) is 11.4 Å². The number of hydrogen-bond acceptors (Lipinski definition) is 5. The summed E-state index contributed by atoms with van der Waals surface area (Å²) >= 11 is 0. The zero-order valence-electron chi connectivity index (χ0n) is 16.2. The Morgan fingerprint density at radius 3 is 2.41 bits per heavy atom. The molecule has 3 rings (SSSR count). The fourth-order valence-corrected chi connectivity index (χ4v) is 3.25. The zero-order valence-corrected chi connectivity index (χ0v) is 16.2. The molecule has 0 spiro atoms. The number of aromatic nitrogens is 2. The summed E-state index contributed by atoms with van der Waals surface area (Å²) in [5.74, 6) is -3.25. The van der Waals surface area contributed by atoms with Crippen LogP contribution in [0.5, 0.6) is 0 Å². The van der Waals surface area contributed by atoms with Crippen molar-refractivity contribution in [3.63, 3.8) is 0 Å². The summed E-state index contributed by atoms with van der Waals surface area (Å²) in [6.07, 6.45) is 6.79. The lowest BCUT2D eigenvalue weighted by molar-refractivity contribution is -0.207. The topological polar surface area (TPSA) is 81.5 Å². The number of aromatic carboxylic acids is 1. The first-order chi connectivity index (χ1) is 14.0. The quantitative estimate of drug-likeness (QED) is 0.637. The molecule has 1 aliphatic rings. The molecule has 1 fully saturated rings. The molecule has 8 heteroatoms. The first kappa shape index (κ1) is 21.3. The van der Waals surface area contributed by atoms with Crippen LogP contribution in [0.15, 0.2) is 24.5 Å². The molecule has 0 saturated carbocycles. The molecule has 156 valence electrons. The highest BCUT2D eigenvalue weighted by Gasteiger charge is 2.28. The third-order valence-corrected chi connectivity index (χ3v) is 4.94. The molecule has 0 amide bonds. The normalized spacial score (nSPS) is 19.3. The second kappa shape index (κ2) is 9.84. The number of unbranched alkanes of at least 4 members (excludes halogenated alkanes) is 3. The molecule has 0 atom stereocenters. The highest BCUT2D eigenvalue weighted by Crippen LogP contribution is 2.32. The van der Waals surface area contributed by atoms with E-state index in [9.17, 15) is 13.6 Å². The molecule has 0 bridgehead atoms. The molecule has 29 heavy (non-hydrogen) atoms. The van der Waals surface area contributed by atoms with Crippen molar-refractivity contribution in [2.24, 2.45) is 5.92 Å². The fraction of sp³-hybridized carbons (Fsp3) is 0.476. The van der Waals surface area contributed by atoms with Gasteiger partial charge in [-0.2, -0.15) is 0 Å². The SMILES string of the molecule is CCCCCC[C@H]1CO[C@H](c2ccc(-c3ncc(C(=O)O)cn3)c(F)c2F)OC1. The van der Waals surface area contributed by atoms with Gasteiger partial charge in [0.1, 0.15) is 0 Å². The van der Waals surface area contributed by atoms with E-state index in [1.807, 2.05) is 0 Å². The summed E-state index contributed by atoms with van der Waals surface area (Å²) in [5.41, 5.74) is -0.315. The summed E-state index contributed by atoms with van der Waals surface area (Å²) in [6.45, 7) is 3.05. The smallest absolute Gasteiger partial charge is 0.338 e. The molecule has 0 radical (unpaired) electrons. The molecule has 6 nitrogen and oxygen atoms in total. The third-order valence-electron chi connectivity index (χ3n) is 4.94. The Hall–Kier alpha value is -2.45. The van der Waals surface area contributed by atoms with Crippen molar-refractivity contribution in [3.05, 3.63) is 47.3 Å². The van der Waals surface area contributed by atoms with E-state index in [4.69, 9.17) is 14.6 Å². The molecule has 0 unspecified atom stereocenters. The second-order valence-electron chi connectivity index (χ2n) is 7.14. The van der Waals surface area contributed by atoms with E-state index in [0.717, 1.165) is 25.2 Å². The molecular formula is C21H24F2N2O4. The van der Waals surface area contributed by atoms with Crippen LogP contribution in [0.1, 0.15) is 61.2 Å². The highest BCUT2D eigenvalue weighted by atomic mass is 19.2. The molecule has 2 aromatic rings. The fourth-order valence-electron chi connectivity index (χ4n) is 3.25. The minimum Gasteiger partial charge on any atom is -0.478 e. The van der Waals surface area contributed by atoms with Gasteiger partial charge in [0.15, 0.2) is 23.7 Å². The number of hydrogen-bond donors (Lipinski definition) is 1. The number of carboxylic acids is 1. The molecule has 2 heterocycles. The van der Waals surface area contributed by atoms with Crippen molar-refractivity contribution < 1.29 is 28.2 Å². The Balaban J connectivity index is 1.66.